The second kappa shape index (κ2) is 10.1. The summed E-state index contributed by atoms with van der Waals surface area (Å²) in [7, 11) is 0. The molecule has 4 heterocycles. The van der Waals surface area contributed by atoms with E-state index in [1.54, 1.807) is 22.0 Å². The van der Waals surface area contributed by atoms with E-state index in [2.05, 4.69) is 115 Å². The number of benzene rings is 5. The Balaban J connectivity index is 1.06. The van der Waals surface area contributed by atoms with Crippen molar-refractivity contribution < 1.29 is 0 Å². The average Bonchev–Trinajstić information content (AvgIpc) is 3.52. The molecule has 6 aromatic rings. The van der Waals surface area contributed by atoms with Gasteiger partial charge in [0, 0.05) is 38.8 Å². The SMILES string of the molecule is Cc1cc2c3c(c1)-n1c4ccc(C56CC7CC(CC(C7)C5)C6)cc4c4cc(C56CC7CC(CC(C7)C5)C6)cc(c41)B3N1c3ccccc3C(C)(C)c3cccc-2c31. The fourth-order valence-corrected chi connectivity index (χ4v) is 17.4. The van der Waals surface area contributed by atoms with E-state index < -0.39 is 0 Å². The summed E-state index contributed by atoms with van der Waals surface area (Å²) in [4.78, 5) is 2.84. The Kier molecular flexibility index (Phi) is 5.64. The molecule has 0 N–H and O–H groups in total. The minimum Gasteiger partial charge on any atom is -0.376 e. The van der Waals surface area contributed by atoms with Crippen LogP contribution in [0, 0.1) is 42.4 Å². The van der Waals surface area contributed by atoms with Crippen LogP contribution in [0.2, 0.25) is 0 Å². The topological polar surface area (TPSA) is 8.17 Å². The number of aryl methyl sites for hydroxylation is 1. The van der Waals surface area contributed by atoms with Gasteiger partial charge in [-0.15, -0.1) is 0 Å². The largest absolute Gasteiger partial charge is 0.376 e. The fourth-order valence-electron chi connectivity index (χ4n) is 17.4. The first-order valence-corrected chi connectivity index (χ1v) is 23.0. The van der Waals surface area contributed by atoms with Gasteiger partial charge >= 0.3 is 6.85 Å². The fraction of sp³-hybridized carbons (Fsp3) is 0.444. The number of para-hydroxylation sites is 2. The van der Waals surface area contributed by atoms with Crippen LogP contribution in [0.25, 0.3) is 38.6 Å². The predicted molar refractivity (Wildman–Crippen MR) is 236 cm³/mol. The van der Waals surface area contributed by atoms with Crippen LogP contribution in [0.15, 0.2) is 84.9 Å². The van der Waals surface area contributed by atoms with Crippen LogP contribution >= 0.6 is 0 Å². The molecule has 17 rings (SSSR count). The van der Waals surface area contributed by atoms with Crippen LogP contribution in [0.4, 0.5) is 11.4 Å². The zero-order chi connectivity index (χ0) is 37.3. The van der Waals surface area contributed by atoms with Gasteiger partial charge in [0.2, 0.25) is 0 Å². The molecule has 11 aliphatic rings. The standard InChI is InChI=1S/C54H53BN2/c1-30-13-41-39-7-6-9-44-50(39)57(47-10-5-4-8-43(47)52(44,2)3)55-45-23-38(54-27-34-18-35(28-54)20-36(19-34)29-54)22-42-40-21-37(53-24-31-15-32(25-53)17-33(16-31)26-53)11-12-46(40)56(51(42)45)48(14-30)49(41)55/h4-14,21-23,31-36H,15-20,24-29H2,1-3H3. The molecule has 3 aliphatic heterocycles. The minimum atomic E-state index is -0.0871. The van der Waals surface area contributed by atoms with Gasteiger partial charge in [0.25, 0.3) is 0 Å². The molecule has 5 aromatic carbocycles. The van der Waals surface area contributed by atoms with E-state index in [1.165, 1.54) is 144 Å². The molecule has 57 heavy (non-hydrogen) atoms. The molecule has 8 bridgehead atoms. The zero-order valence-corrected chi connectivity index (χ0v) is 34.0. The van der Waals surface area contributed by atoms with Gasteiger partial charge in [0.15, 0.2) is 0 Å². The zero-order valence-electron chi connectivity index (χ0n) is 34.0. The molecular weight excluding hydrogens is 687 g/mol. The third-order valence-electron chi connectivity index (χ3n) is 18.6. The molecule has 8 fully saturated rings. The Labute approximate surface area is 338 Å². The summed E-state index contributed by atoms with van der Waals surface area (Å²) in [6, 6.07) is 35.3. The maximum absolute atomic E-state index is 2.84. The molecule has 0 amide bonds. The van der Waals surface area contributed by atoms with Crippen molar-refractivity contribution in [2.45, 2.75) is 114 Å². The van der Waals surface area contributed by atoms with Gasteiger partial charge < -0.3 is 9.38 Å². The predicted octanol–water partition coefficient (Wildman–Crippen LogP) is 11.9. The summed E-state index contributed by atoms with van der Waals surface area (Å²) in [6.45, 7) is 7.38. The number of anilines is 2. The van der Waals surface area contributed by atoms with Crippen LogP contribution in [-0.2, 0) is 16.2 Å². The lowest BCUT2D eigenvalue weighted by atomic mass is 9.42. The van der Waals surface area contributed by atoms with Gasteiger partial charge in [-0.2, -0.15) is 0 Å². The highest BCUT2D eigenvalue weighted by Gasteiger charge is 2.55. The normalized spacial score (nSPS) is 33.6. The Morgan fingerprint density at radius 2 is 1.18 bits per heavy atom. The monoisotopic (exact) mass is 740 g/mol. The van der Waals surface area contributed by atoms with E-state index in [0.717, 1.165) is 35.5 Å². The van der Waals surface area contributed by atoms with E-state index in [0.29, 0.717) is 10.8 Å². The van der Waals surface area contributed by atoms with E-state index in [1.807, 2.05) is 0 Å². The van der Waals surface area contributed by atoms with Crippen molar-refractivity contribution in [2.75, 3.05) is 4.81 Å². The van der Waals surface area contributed by atoms with Crippen molar-refractivity contribution in [1.82, 2.24) is 4.57 Å². The van der Waals surface area contributed by atoms with Crippen molar-refractivity contribution >= 4 is 51.0 Å². The molecule has 3 heteroatoms. The van der Waals surface area contributed by atoms with Gasteiger partial charge in [-0.3, -0.25) is 0 Å². The lowest BCUT2D eigenvalue weighted by Gasteiger charge is -2.57. The average molecular weight is 741 g/mol. The van der Waals surface area contributed by atoms with Gasteiger partial charge in [0.1, 0.15) is 0 Å². The Morgan fingerprint density at radius 3 is 1.86 bits per heavy atom. The van der Waals surface area contributed by atoms with Crippen LogP contribution < -0.4 is 15.7 Å². The number of fused-ring (bicyclic) bond motifs is 9. The third kappa shape index (κ3) is 3.80. The number of hydrogen-bond acceptors (Lipinski definition) is 1. The number of hydrogen-bond donors (Lipinski definition) is 0. The summed E-state index contributed by atoms with van der Waals surface area (Å²) in [5.74, 6) is 5.60. The van der Waals surface area contributed by atoms with E-state index in [-0.39, 0.29) is 12.3 Å². The lowest BCUT2D eigenvalue weighted by Crippen LogP contribution is -2.62. The molecule has 8 aliphatic carbocycles. The molecule has 0 atom stereocenters. The molecule has 282 valence electrons. The molecule has 0 saturated heterocycles. The smallest absolute Gasteiger partial charge is 0.333 e. The van der Waals surface area contributed by atoms with Crippen molar-refractivity contribution in [1.29, 1.82) is 0 Å². The van der Waals surface area contributed by atoms with Crippen molar-refractivity contribution in [3.8, 4) is 16.8 Å². The van der Waals surface area contributed by atoms with Gasteiger partial charge in [-0.25, -0.2) is 0 Å². The summed E-state index contributed by atoms with van der Waals surface area (Å²) in [5, 5.41) is 3.07. The second-order valence-corrected chi connectivity index (χ2v) is 22.3. The highest BCUT2D eigenvalue weighted by molar-refractivity contribution is 6.93. The van der Waals surface area contributed by atoms with Gasteiger partial charge in [-0.05, 0) is 205 Å². The van der Waals surface area contributed by atoms with Crippen molar-refractivity contribution in [3.05, 3.63) is 113 Å². The highest BCUT2D eigenvalue weighted by Crippen LogP contribution is 2.63. The summed E-state index contributed by atoms with van der Waals surface area (Å²) in [5.41, 5.74) is 21.3. The molecule has 2 nitrogen and oxygen atoms in total. The molecule has 8 saturated carbocycles. The summed E-state index contributed by atoms with van der Waals surface area (Å²) in [6.07, 6.45) is 17.4. The molecular formula is C54H53BN2. The molecule has 0 spiro atoms. The van der Waals surface area contributed by atoms with Crippen LogP contribution in [0.5, 0.6) is 0 Å². The molecule has 0 radical (unpaired) electrons. The number of aromatic nitrogens is 1. The Morgan fingerprint density at radius 1 is 0.561 bits per heavy atom. The van der Waals surface area contributed by atoms with Crippen LogP contribution in [-0.4, -0.2) is 11.4 Å². The quantitative estimate of drug-likeness (QED) is 0.161. The van der Waals surface area contributed by atoms with E-state index in [9.17, 15) is 0 Å². The summed E-state index contributed by atoms with van der Waals surface area (Å²) < 4.78 is 2.77. The second-order valence-electron chi connectivity index (χ2n) is 22.3. The lowest BCUT2D eigenvalue weighted by molar-refractivity contribution is -0.00526. The van der Waals surface area contributed by atoms with Crippen molar-refractivity contribution in [2.24, 2.45) is 35.5 Å². The van der Waals surface area contributed by atoms with Crippen LogP contribution in [0.1, 0.15) is 119 Å². The van der Waals surface area contributed by atoms with Gasteiger partial charge in [0.05, 0.1) is 11.0 Å². The third-order valence-corrected chi connectivity index (χ3v) is 18.6. The Bertz CT molecular complexity index is 2760. The minimum absolute atomic E-state index is 0.0871. The van der Waals surface area contributed by atoms with E-state index >= 15 is 0 Å². The summed E-state index contributed by atoms with van der Waals surface area (Å²) >= 11 is 0. The van der Waals surface area contributed by atoms with Crippen LogP contribution in [0.3, 0.4) is 0 Å². The molecule has 1 aromatic heterocycles. The first-order valence-electron chi connectivity index (χ1n) is 23.0. The molecule has 0 unspecified atom stereocenters. The Hall–Kier alpha value is -4.24. The number of nitrogens with zero attached hydrogens (tertiary/aromatic N) is 2. The maximum Gasteiger partial charge on any atom is 0.333 e. The van der Waals surface area contributed by atoms with Gasteiger partial charge in [-0.1, -0.05) is 68.4 Å². The highest BCUT2D eigenvalue weighted by atomic mass is 15.1. The first-order chi connectivity index (χ1) is 27.7. The maximum atomic E-state index is 2.84. The van der Waals surface area contributed by atoms with Crippen molar-refractivity contribution in [3.63, 3.8) is 0 Å². The number of rotatable bonds is 2. The first kappa shape index (κ1) is 31.7. The van der Waals surface area contributed by atoms with E-state index in [4.69, 9.17) is 0 Å².